The average molecular weight is 534 g/mol. The quantitative estimate of drug-likeness (QED) is 0.263. The monoisotopic (exact) mass is 533 g/mol. The van der Waals surface area contributed by atoms with Crippen molar-refractivity contribution in [1.29, 1.82) is 0 Å². The van der Waals surface area contributed by atoms with Crippen LogP contribution < -0.4 is 5.32 Å². The van der Waals surface area contributed by atoms with Crippen molar-refractivity contribution in [3.8, 4) is 5.69 Å². The largest absolute Gasteiger partial charge is 0.344 e. The lowest BCUT2D eigenvalue weighted by atomic mass is 10.0. The van der Waals surface area contributed by atoms with E-state index in [1.165, 1.54) is 12.1 Å². The van der Waals surface area contributed by atoms with Crippen molar-refractivity contribution in [3.05, 3.63) is 117 Å². The summed E-state index contributed by atoms with van der Waals surface area (Å²) in [6, 6.07) is 21.3. The van der Waals surface area contributed by atoms with E-state index in [0.29, 0.717) is 27.8 Å². The van der Waals surface area contributed by atoms with Crippen LogP contribution in [0.2, 0.25) is 10.0 Å². The van der Waals surface area contributed by atoms with Crippen molar-refractivity contribution >= 4 is 40.8 Å². The highest BCUT2D eigenvalue weighted by molar-refractivity contribution is 6.35. The molecule has 1 atom stereocenters. The SMILES string of the molecule is C[C@@H](NC(=O)c1nn(-c2ccc(Cl)cc2Cl)c2c1CCCC/C2=C\c1ccc(F)cc1)c1ccccc1. The molecule has 4 aromatic rings. The first-order valence-electron chi connectivity index (χ1n) is 12.3. The molecular weight excluding hydrogens is 508 g/mol. The fraction of sp³-hybridized carbons (Fsp3) is 0.200. The molecule has 0 radical (unpaired) electrons. The number of allylic oxidation sites excluding steroid dienone is 1. The summed E-state index contributed by atoms with van der Waals surface area (Å²) in [4.78, 5) is 13.6. The third kappa shape index (κ3) is 5.48. The molecule has 0 saturated carbocycles. The summed E-state index contributed by atoms with van der Waals surface area (Å²) >= 11 is 12.8. The molecule has 0 bridgehead atoms. The highest BCUT2D eigenvalue weighted by Gasteiger charge is 2.28. The predicted octanol–water partition coefficient (Wildman–Crippen LogP) is 8.08. The molecule has 3 aromatic carbocycles. The van der Waals surface area contributed by atoms with Gasteiger partial charge in [0.1, 0.15) is 5.82 Å². The number of hydrogen-bond acceptors (Lipinski definition) is 2. The van der Waals surface area contributed by atoms with Crippen LogP contribution in [0.15, 0.2) is 72.8 Å². The van der Waals surface area contributed by atoms with Crippen LogP contribution in [0.25, 0.3) is 17.3 Å². The number of halogens is 3. The highest BCUT2D eigenvalue weighted by Crippen LogP contribution is 2.37. The number of nitrogens with zero attached hydrogens (tertiary/aromatic N) is 2. The molecule has 0 fully saturated rings. The van der Waals surface area contributed by atoms with Crippen molar-refractivity contribution in [1.82, 2.24) is 15.1 Å². The van der Waals surface area contributed by atoms with Crippen LogP contribution >= 0.6 is 23.2 Å². The zero-order valence-electron chi connectivity index (χ0n) is 20.3. The molecule has 4 nitrogen and oxygen atoms in total. The van der Waals surface area contributed by atoms with Gasteiger partial charge >= 0.3 is 0 Å². The van der Waals surface area contributed by atoms with Gasteiger partial charge in [0, 0.05) is 10.6 Å². The molecule has 1 heterocycles. The lowest BCUT2D eigenvalue weighted by Gasteiger charge is -2.14. The molecular formula is C30H26Cl2FN3O. The van der Waals surface area contributed by atoms with Crippen molar-refractivity contribution in [3.63, 3.8) is 0 Å². The van der Waals surface area contributed by atoms with E-state index in [-0.39, 0.29) is 17.8 Å². The molecule has 7 heteroatoms. The van der Waals surface area contributed by atoms with Crippen LogP contribution in [-0.2, 0) is 6.42 Å². The van der Waals surface area contributed by atoms with E-state index in [4.69, 9.17) is 28.3 Å². The fourth-order valence-electron chi connectivity index (χ4n) is 4.75. The van der Waals surface area contributed by atoms with Crippen LogP contribution in [0.4, 0.5) is 4.39 Å². The second-order valence-corrected chi connectivity index (χ2v) is 10.1. The van der Waals surface area contributed by atoms with Crippen molar-refractivity contribution in [2.75, 3.05) is 0 Å². The first kappa shape index (κ1) is 25.2. The number of benzene rings is 3. The summed E-state index contributed by atoms with van der Waals surface area (Å²) in [5.41, 5.74) is 5.67. The van der Waals surface area contributed by atoms with Gasteiger partial charge in [0.25, 0.3) is 5.91 Å². The van der Waals surface area contributed by atoms with Crippen LogP contribution in [0.5, 0.6) is 0 Å². The molecule has 1 N–H and O–H groups in total. The standard InChI is InChI=1S/C30H26Cl2FN3O/c1-19(21-7-3-2-4-8-21)34-30(37)28-25-10-6-5-9-22(17-20-11-14-24(33)15-12-20)29(25)36(35-28)27-16-13-23(31)18-26(27)32/h2-4,7-8,11-19H,5-6,9-10H2,1H3,(H,34,37)/b22-17+/t19-/m1/s1. The van der Waals surface area contributed by atoms with E-state index in [9.17, 15) is 9.18 Å². The van der Waals surface area contributed by atoms with Crippen LogP contribution in [0.3, 0.4) is 0 Å². The number of amides is 1. The third-order valence-corrected chi connectivity index (χ3v) is 7.16. The Kier molecular flexibility index (Phi) is 7.45. The smallest absolute Gasteiger partial charge is 0.272 e. The Labute approximate surface area is 225 Å². The van der Waals surface area contributed by atoms with Crippen molar-refractivity contribution in [2.24, 2.45) is 0 Å². The maximum absolute atomic E-state index is 13.6. The van der Waals surface area contributed by atoms with E-state index >= 15 is 0 Å². The average Bonchev–Trinajstić information content (AvgIpc) is 3.14. The van der Waals surface area contributed by atoms with Gasteiger partial charge in [-0.05, 0) is 85.7 Å². The first-order chi connectivity index (χ1) is 17.9. The molecule has 1 aliphatic rings. The third-order valence-electron chi connectivity index (χ3n) is 6.62. The van der Waals surface area contributed by atoms with Gasteiger partial charge in [-0.1, -0.05) is 65.7 Å². The van der Waals surface area contributed by atoms with E-state index in [0.717, 1.165) is 47.2 Å². The van der Waals surface area contributed by atoms with Gasteiger partial charge < -0.3 is 5.32 Å². The summed E-state index contributed by atoms with van der Waals surface area (Å²) in [7, 11) is 0. The molecule has 0 spiro atoms. The Morgan fingerprint density at radius 3 is 2.49 bits per heavy atom. The number of carbonyl (C=O) groups is 1. The lowest BCUT2D eigenvalue weighted by Crippen LogP contribution is -2.28. The Morgan fingerprint density at radius 1 is 1.03 bits per heavy atom. The Morgan fingerprint density at radius 2 is 1.76 bits per heavy atom. The Hall–Kier alpha value is -3.41. The van der Waals surface area contributed by atoms with Gasteiger partial charge in [0.05, 0.1) is 22.4 Å². The fourth-order valence-corrected chi connectivity index (χ4v) is 5.24. The second-order valence-electron chi connectivity index (χ2n) is 9.22. The number of fused-ring (bicyclic) bond motifs is 1. The summed E-state index contributed by atoms with van der Waals surface area (Å²) in [6.45, 7) is 1.96. The normalized spacial score (nSPS) is 15.2. The van der Waals surface area contributed by atoms with Gasteiger partial charge in [-0.2, -0.15) is 5.10 Å². The minimum absolute atomic E-state index is 0.186. The molecule has 1 amide bonds. The molecule has 37 heavy (non-hydrogen) atoms. The summed E-state index contributed by atoms with van der Waals surface area (Å²) < 4.78 is 15.3. The Balaban J connectivity index is 1.64. The number of aromatic nitrogens is 2. The van der Waals surface area contributed by atoms with Gasteiger partial charge in [0.2, 0.25) is 0 Å². The molecule has 5 rings (SSSR count). The van der Waals surface area contributed by atoms with E-state index in [2.05, 4.69) is 5.32 Å². The number of carbonyl (C=O) groups excluding carboxylic acids is 1. The number of hydrogen-bond donors (Lipinski definition) is 1. The van der Waals surface area contributed by atoms with E-state index in [1.54, 1.807) is 28.9 Å². The minimum atomic E-state index is -0.284. The Bertz CT molecular complexity index is 1460. The van der Waals surface area contributed by atoms with Crippen molar-refractivity contribution in [2.45, 2.75) is 38.6 Å². The van der Waals surface area contributed by atoms with Gasteiger partial charge in [-0.3, -0.25) is 4.79 Å². The molecule has 1 aromatic heterocycles. The topological polar surface area (TPSA) is 46.9 Å². The predicted molar refractivity (Wildman–Crippen MR) is 148 cm³/mol. The lowest BCUT2D eigenvalue weighted by molar-refractivity contribution is 0.0933. The van der Waals surface area contributed by atoms with Crippen LogP contribution in [0.1, 0.15) is 65.1 Å². The maximum Gasteiger partial charge on any atom is 0.272 e. The maximum atomic E-state index is 13.6. The molecule has 0 unspecified atom stereocenters. The van der Waals surface area contributed by atoms with Crippen LogP contribution in [0, 0.1) is 5.82 Å². The highest BCUT2D eigenvalue weighted by atomic mass is 35.5. The minimum Gasteiger partial charge on any atom is -0.344 e. The zero-order chi connectivity index (χ0) is 25.9. The number of rotatable bonds is 5. The summed E-state index contributed by atoms with van der Waals surface area (Å²) in [6.07, 6.45) is 5.42. The number of nitrogens with one attached hydrogen (secondary N) is 1. The summed E-state index contributed by atoms with van der Waals surface area (Å²) in [5.74, 6) is -0.521. The molecule has 0 aliphatic heterocycles. The van der Waals surface area contributed by atoms with Gasteiger partial charge in [0.15, 0.2) is 5.69 Å². The first-order valence-corrected chi connectivity index (χ1v) is 13.1. The molecule has 1 aliphatic carbocycles. The van der Waals surface area contributed by atoms with E-state index < -0.39 is 0 Å². The van der Waals surface area contributed by atoms with Gasteiger partial charge in [-0.15, -0.1) is 0 Å². The van der Waals surface area contributed by atoms with Gasteiger partial charge in [-0.25, -0.2) is 9.07 Å². The van der Waals surface area contributed by atoms with E-state index in [1.807, 2.05) is 49.4 Å². The van der Waals surface area contributed by atoms with Crippen molar-refractivity contribution < 1.29 is 9.18 Å². The molecule has 188 valence electrons. The van der Waals surface area contributed by atoms with Crippen LogP contribution in [-0.4, -0.2) is 15.7 Å². The zero-order valence-corrected chi connectivity index (χ0v) is 21.9. The summed E-state index contributed by atoms with van der Waals surface area (Å²) in [5, 5.41) is 8.89. The second kappa shape index (κ2) is 10.9. The molecule has 0 saturated heterocycles.